The van der Waals surface area contributed by atoms with Crippen LogP contribution in [0.1, 0.15) is 27.2 Å². The molecule has 7 nitrogen and oxygen atoms in total. The van der Waals surface area contributed by atoms with Crippen molar-refractivity contribution < 1.29 is 23.0 Å². The zero-order valence-electron chi connectivity index (χ0n) is 21.1. The van der Waals surface area contributed by atoms with Crippen molar-refractivity contribution in [2.45, 2.75) is 33.2 Å². The molecular weight excluding hydrogens is 466 g/mol. The maximum atomic E-state index is 14.0. The number of nitrogens with zero attached hydrogens (tertiary/aromatic N) is 4. The minimum atomic E-state index is -0.973. The van der Waals surface area contributed by atoms with E-state index in [9.17, 15) is 13.6 Å². The smallest absolute Gasteiger partial charge is 0.225 e. The molecule has 0 aliphatic carbocycles. The Balaban J connectivity index is 1.74. The normalized spacial score (nSPS) is 15.6. The summed E-state index contributed by atoms with van der Waals surface area (Å²) in [4.78, 5) is 26.2. The molecule has 9 heteroatoms. The third kappa shape index (κ3) is 5.41. The van der Waals surface area contributed by atoms with Crippen LogP contribution in [-0.4, -0.2) is 66.8 Å². The summed E-state index contributed by atoms with van der Waals surface area (Å²) in [6.07, 6.45) is 0.781. The van der Waals surface area contributed by atoms with Gasteiger partial charge >= 0.3 is 0 Å². The summed E-state index contributed by atoms with van der Waals surface area (Å²) in [6.45, 7) is 8.49. The number of likely N-dealkylation sites (N-methyl/N-ethyl adjacent to an activating group) is 1. The van der Waals surface area contributed by atoms with Crippen LogP contribution in [0.15, 0.2) is 36.4 Å². The fraction of sp³-hybridized carbons (Fsp3) is 0.444. The first-order chi connectivity index (χ1) is 17.3. The Morgan fingerprint density at radius 3 is 2.53 bits per heavy atom. The molecule has 1 aromatic heterocycles. The van der Waals surface area contributed by atoms with Crippen LogP contribution in [0, 0.1) is 17.6 Å². The van der Waals surface area contributed by atoms with Crippen LogP contribution in [0.5, 0.6) is 5.75 Å². The van der Waals surface area contributed by atoms with Crippen LogP contribution in [0.3, 0.4) is 0 Å². The summed E-state index contributed by atoms with van der Waals surface area (Å²) in [5.74, 6) is -0.705. The quantitative estimate of drug-likeness (QED) is 0.399. The molecule has 0 saturated carbocycles. The van der Waals surface area contributed by atoms with E-state index < -0.39 is 11.6 Å². The van der Waals surface area contributed by atoms with Gasteiger partial charge in [0.2, 0.25) is 5.91 Å². The largest absolute Gasteiger partial charge is 0.491 e. The molecule has 2 aromatic carbocycles. The summed E-state index contributed by atoms with van der Waals surface area (Å²) in [5.41, 5.74) is 1.83. The second kappa shape index (κ2) is 11.2. The molecule has 0 radical (unpaired) electrons. The van der Waals surface area contributed by atoms with E-state index in [2.05, 4.69) is 4.90 Å². The zero-order chi connectivity index (χ0) is 25.8. The molecule has 1 unspecified atom stereocenters. The van der Waals surface area contributed by atoms with E-state index in [-0.39, 0.29) is 28.9 Å². The Morgan fingerprint density at radius 2 is 1.86 bits per heavy atom. The minimum Gasteiger partial charge on any atom is -0.491 e. The van der Waals surface area contributed by atoms with E-state index in [1.165, 1.54) is 0 Å². The third-order valence-electron chi connectivity index (χ3n) is 6.37. The Morgan fingerprint density at radius 1 is 1.14 bits per heavy atom. The third-order valence-corrected chi connectivity index (χ3v) is 6.37. The first-order valence-corrected chi connectivity index (χ1v) is 12.3. The number of halogens is 2. The lowest BCUT2D eigenvalue weighted by Gasteiger charge is -2.30. The number of methoxy groups -OCH3 is 1. The van der Waals surface area contributed by atoms with Crippen molar-refractivity contribution in [3.63, 3.8) is 0 Å². The lowest BCUT2D eigenvalue weighted by Crippen LogP contribution is -2.43. The van der Waals surface area contributed by atoms with Crippen LogP contribution in [0.4, 0.5) is 14.6 Å². The predicted molar refractivity (Wildman–Crippen MR) is 135 cm³/mol. The highest BCUT2D eigenvalue weighted by Crippen LogP contribution is 2.34. The Bertz CT molecular complexity index is 1240. The first-order valence-electron chi connectivity index (χ1n) is 12.3. The SMILES string of the molecule is CCN(C(=O)C(C)C)C1CCN(c2nc3cc(F)c(F)cc3nc2-c2cccc(OCCOC)c2)C1. The van der Waals surface area contributed by atoms with Crippen molar-refractivity contribution in [2.24, 2.45) is 5.92 Å². The average Bonchev–Trinajstić information content (AvgIpc) is 3.34. The van der Waals surface area contributed by atoms with Gasteiger partial charge in [-0.3, -0.25) is 4.79 Å². The maximum Gasteiger partial charge on any atom is 0.225 e. The van der Waals surface area contributed by atoms with Crippen molar-refractivity contribution in [1.82, 2.24) is 14.9 Å². The number of hydrogen-bond donors (Lipinski definition) is 0. The summed E-state index contributed by atoms with van der Waals surface area (Å²) >= 11 is 0. The number of amides is 1. The van der Waals surface area contributed by atoms with E-state index in [1.54, 1.807) is 7.11 Å². The lowest BCUT2D eigenvalue weighted by molar-refractivity contribution is -0.136. The molecule has 1 atom stereocenters. The van der Waals surface area contributed by atoms with Crippen molar-refractivity contribution >= 4 is 22.8 Å². The molecule has 3 aromatic rings. The second-order valence-electron chi connectivity index (χ2n) is 9.19. The van der Waals surface area contributed by atoms with Gasteiger partial charge in [-0.05, 0) is 25.5 Å². The van der Waals surface area contributed by atoms with Gasteiger partial charge in [-0.15, -0.1) is 0 Å². The first kappa shape index (κ1) is 25.8. The molecule has 1 saturated heterocycles. The van der Waals surface area contributed by atoms with E-state index in [0.717, 1.165) is 24.1 Å². The molecule has 0 spiro atoms. The van der Waals surface area contributed by atoms with E-state index in [1.807, 2.05) is 49.9 Å². The predicted octanol–water partition coefficient (Wildman–Crippen LogP) is 4.68. The van der Waals surface area contributed by atoms with Gasteiger partial charge in [-0.25, -0.2) is 18.7 Å². The van der Waals surface area contributed by atoms with Crippen molar-refractivity contribution in [1.29, 1.82) is 0 Å². The zero-order valence-corrected chi connectivity index (χ0v) is 21.1. The highest BCUT2D eigenvalue weighted by molar-refractivity contribution is 5.84. The van der Waals surface area contributed by atoms with Gasteiger partial charge in [-0.1, -0.05) is 26.0 Å². The van der Waals surface area contributed by atoms with E-state index >= 15 is 0 Å². The highest BCUT2D eigenvalue weighted by atomic mass is 19.2. The lowest BCUT2D eigenvalue weighted by atomic mass is 10.1. The Kier molecular flexibility index (Phi) is 7.98. The van der Waals surface area contributed by atoms with Crippen molar-refractivity contribution in [2.75, 3.05) is 44.9 Å². The Hall–Kier alpha value is -3.33. The number of aromatic nitrogens is 2. The number of fused-ring (bicyclic) bond motifs is 1. The minimum absolute atomic E-state index is 0.0314. The van der Waals surface area contributed by atoms with Crippen LogP contribution >= 0.6 is 0 Å². The number of rotatable bonds is 9. The standard InChI is InChI=1S/C27H32F2N4O3/c1-5-33(27(34)17(2)3)19-9-10-32(16-19)26-25(18-7-6-8-20(13-18)36-12-11-35-4)30-23-14-21(28)22(29)15-24(23)31-26/h6-8,13-15,17,19H,5,9-12,16H2,1-4H3. The fourth-order valence-electron chi connectivity index (χ4n) is 4.55. The molecule has 4 rings (SSSR count). The number of carbonyl (C=O) groups excluding carboxylic acids is 1. The molecule has 0 bridgehead atoms. The number of ether oxygens (including phenoxy) is 2. The van der Waals surface area contributed by atoms with Crippen LogP contribution in [-0.2, 0) is 9.53 Å². The fourth-order valence-corrected chi connectivity index (χ4v) is 4.55. The second-order valence-corrected chi connectivity index (χ2v) is 9.19. The molecule has 1 amide bonds. The van der Waals surface area contributed by atoms with Crippen LogP contribution in [0.2, 0.25) is 0 Å². The molecule has 1 fully saturated rings. The van der Waals surface area contributed by atoms with E-state index in [0.29, 0.717) is 50.1 Å². The number of carbonyl (C=O) groups is 1. The molecule has 36 heavy (non-hydrogen) atoms. The van der Waals surface area contributed by atoms with Gasteiger partial charge in [0, 0.05) is 50.4 Å². The summed E-state index contributed by atoms with van der Waals surface area (Å²) in [5, 5.41) is 0. The number of benzene rings is 2. The molecular formula is C27H32F2N4O3. The van der Waals surface area contributed by atoms with Gasteiger partial charge in [-0.2, -0.15) is 0 Å². The summed E-state index contributed by atoms with van der Waals surface area (Å²) in [6, 6.07) is 9.60. The number of hydrogen-bond acceptors (Lipinski definition) is 6. The van der Waals surface area contributed by atoms with E-state index in [4.69, 9.17) is 19.4 Å². The molecule has 1 aliphatic heterocycles. The van der Waals surface area contributed by atoms with Crippen molar-refractivity contribution in [3.8, 4) is 17.0 Å². The van der Waals surface area contributed by atoms with Gasteiger partial charge in [0.25, 0.3) is 0 Å². The van der Waals surface area contributed by atoms with Gasteiger partial charge in [0.1, 0.15) is 18.1 Å². The average molecular weight is 499 g/mol. The summed E-state index contributed by atoms with van der Waals surface area (Å²) < 4.78 is 38.9. The molecule has 192 valence electrons. The molecule has 2 heterocycles. The van der Waals surface area contributed by atoms with Crippen LogP contribution in [0.25, 0.3) is 22.3 Å². The topological polar surface area (TPSA) is 67.8 Å². The molecule has 0 N–H and O–H groups in total. The summed E-state index contributed by atoms with van der Waals surface area (Å²) in [7, 11) is 1.61. The van der Waals surface area contributed by atoms with Gasteiger partial charge in [0.15, 0.2) is 17.5 Å². The number of anilines is 1. The monoisotopic (exact) mass is 498 g/mol. The van der Waals surface area contributed by atoms with Gasteiger partial charge in [0.05, 0.1) is 23.7 Å². The molecule has 1 aliphatic rings. The van der Waals surface area contributed by atoms with Crippen LogP contribution < -0.4 is 9.64 Å². The van der Waals surface area contributed by atoms with Gasteiger partial charge < -0.3 is 19.3 Å². The Labute approximate surface area is 210 Å². The maximum absolute atomic E-state index is 14.0. The van der Waals surface area contributed by atoms with Crippen molar-refractivity contribution in [3.05, 3.63) is 48.0 Å². The highest BCUT2D eigenvalue weighted by Gasteiger charge is 2.33.